The van der Waals surface area contributed by atoms with Gasteiger partial charge in [-0.05, 0) is 39.5 Å². The highest BCUT2D eigenvalue weighted by molar-refractivity contribution is 5.76. The van der Waals surface area contributed by atoms with Gasteiger partial charge in [0, 0.05) is 25.0 Å². The van der Waals surface area contributed by atoms with Gasteiger partial charge >= 0.3 is 0 Å². The van der Waals surface area contributed by atoms with Crippen LogP contribution in [-0.4, -0.2) is 29.4 Å². The van der Waals surface area contributed by atoms with Gasteiger partial charge in [0.2, 0.25) is 5.91 Å². The Morgan fingerprint density at radius 2 is 2.19 bits per heavy atom. The van der Waals surface area contributed by atoms with Crippen molar-refractivity contribution in [1.82, 2.24) is 4.90 Å². The van der Waals surface area contributed by atoms with Crippen molar-refractivity contribution in [2.75, 3.05) is 6.54 Å². The Labute approximate surface area is 99.4 Å². The number of carbonyl (C=O) groups excluding carboxylic acids is 1. The molecule has 3 heteroatoms. The van der Waals surface area contributed by atoms with Gasteiger partial charge in [-0.3, -0.25) is 4.79 Å². The Hall–Kier alpha value is -0.570. The maximum absolute atomic E-state index is 12.0. The van der Waals surface area contributed by atoms with E-state index in [1.54, 1.807) is 0 Å². The van der Waals surface area contributed by atoms with Gasteiger partial charge in [0.25, 0.3) is 0 Å². The molecule has 0 saturated carbocycles. The highest BCUT2D eigenvalue weighted by atomic mass is 16.2. The Morgan fingerprint density at radius 3 is 2.88 bits per heavy atom. The molecule has 1 aliphatic heterocycles. The molecule has 1 aliphatic rings. The molecule has 2 unspecified atom stereocenters. The van der Waals surface area contributed by atoms with Gasteiger partial charge in [0.1, 0.15) is 0 Å². The third kappa shape index (κ3) is 4.52. The topological polar surface area (TPSA) is 46.3 Å². The van der Waals surface area contributed by atoms with Crippen LogP contribution >= 0.6 is 0 Å². The third-order valence-corrected chi connectivity index (χ3v) is 3.42. The van der Waals surface area contributed by atoms with Gasteiger partial charge < -0.3 is 10.6 Å². The summed E-state index contributed by atoms with van der Waals surface area (Å²) in [5.74, 6) is 0.329. The summed E-state index contributed by atoms with van der Waals surface area (Å²) < 4.78 is 0. The van der Waals surface area contributed by atoms with Gasteiger partial charge in [-0.25, -0.2) is 0 Å². The average Bonchev–Trinajstić information content (AvgIpc) is 2.42. The van der Waals surface area contributed by atoms with Crippen molar-refractivity contribution in [2.45, 2.75) is 70.9 Å². The Balaban J connectivity index is 2.33. The minimum Gasteiger partial charge on any atom is -0.340 e. The van der Waals surface area contributed by atoms with Crippen LogP contribution in [0.5, 0.6) is 0 Å². The van der Waals surface area contributed by atoms with E-state index in [4.69, 9.17) is 5.73 Å². The van der Waals surface area contributed by atoms with E-state index < -0.39 is 0 Å². The van der Waals surface area contributed by atoms with E-state index in [0.29, 0.717) is 18.4 Å². The smallest absolute Gasteiger partial charge is 0.222 e. The number of nitrogens with two attached hydrogens (primary N) is 1. The summed E-state index contributed by atoms with van der Waals surface area (Å²) in [5.41, 5.74) is 5.68. The highest BCUT2D eigenvalue weighted by Gasteiger charge is 2.21. The zero-order valence-electron chi connectivity index (χ0n) is 10.7. The highest BCUT2D eigenvalue weighted by Crippen LogP contribution is 2.17. The number of rotatable bonds is 4. The number of amides is 1. The van der Waals surface area contributed by atoms with Crippen LogP contribution in [0.2, 0.25) is 0 Å². The second-order valence-corrected chi connectivity index (χ2v) is 5.16. The molecule has 1 rings (SSSR count). The van der Waals surface area contributed by atoms with Crippen molar-refractivity contribution in [3.8, 4) is 0 Å². The first-order valence-electron chi connectivity index (χ1n) is 6.66. The normalized spacial score (nSPS) is 23.9. The molecule has 0 aliphatic carbocycles. The van der Waals surface area contributed by atoms with Crippen LogP contribution in [0, 0.1) is 0 Å². The van der Waals surface area contributed by atoms with Gasteiger partial charge in [-0.15, -0.1) is 0 Å². The van der Waals surface area contributed by atoms with Crippen molar-refractivity contribution in [3.63, 3.8) is 0 Å². The zero-order chi connectivity index (χ0) is 12.0. The molecule has 1 fully saturated rings. The molecule has 1 heterocycles. The van der Waals surface area contributed by atoms with E-state index in [1.165, 1.54) is 25.7 Å². The minimum atomic E-state index is 0.217. The lowest BCUT2D eigenvalue weighted by molar-refractivity contribution is -0.133. The summed E-state index contributed by atoms with van der Waals surface area (Å²) in [4.78, 5) is 14.1. The summed E-state index contributed by atoms with van der Waals surface area (Å²) in [5, 5.41) is 0. The van der Waals surface area contributed by atoms with Crippen LogP contribution in [0.4, 0.5) is 0 Å². The maximum atomic E-state index is 12.0. The van der Waals surface area contributed by atoms with Gasteiger partial charge in [0.15, 0.2) is 0 Å². The lowest BCUT2D eigenvalue weighted by Crippen LogP contribution is -2.38. The lowest BCUT2D eigenvalue weighted by atomic mass is 10.1. The molecular formula is C13H26N2O. The third-order valence-electron chi connectivity index (χ3n) is 3.42. The molecule has 0 radical (unpaired) electrons. The van der Waals surface area contributed by atoms with Crippen LogP contribution in [0.1, 0.15) is 58.8 Å². The molecule has 2 atom stereocenters. The summed E-state index contributed by atoms with van der Waals surface area (Å²) in [6.45, 7) is 5.13. The molecule has 0 aromatic carbocycles. The molecule has 16 heavy (non-hydrogen) atoms. The molecule has 0 aromatic rings. The van der Waals surface area contributed by atoms with Crippen LogP contribution in [0.25, 0.3) is 0 Å². The first-order chi connectivity index (χ1) is 7.61. The SMILES string of the molecule is CC(N)CCCC(=O)N1CCCCCC1C. The van der Waals surface area contributed by atoms with E-state index in [1.807, 2.05) is 6.92 Å². The van der Waals surface area contributed by atoms with Crippen LogP contribution < -0.4 is 5.73 Å². The van der Waals surface area contributed by atoms with Gasteiger partial charge in [0.05, 0.1) is 0 Å². The second kappa shape index (κ2) is 6.89. The summed E-state index contributed by atoms with van der Waals surface area (Å²) in [6, 6.07) is 0.652. The van der Waals surface area contributed by atoms with Crippen molar-refractivity contribution in [1.29, 1.82) is 0 Å². The van der Waals surface area contributed by atoms with E-state index in [-0.39, 0.29) is 6.04 Å². The Morgan fingerprint density at radius 1 is 1.44 bits per heavy atom. The maximum Gasteiger partial charge on any atom is 0.222 e. The quantitative estimate of drug-likeness (QED) is 0.799. The molecule has 1 amide bonds. The number of nitrogens with zero attached hydrogens (tertiary/aromatic N) is 1. The number of carbonyl (C=O) groups is 1. The molecular weight excluding hydrogens is 200 g/mol. The standard InChI is InChI=1S/C13H26N2O/c1-11(14)7-6-9-13(16)15-10-5-3-4-8-12(15)2/h11-12H,3-10,14H2,1-2H3. The van der Waals surface area contributed by atoms with E-state index >= 15 is 0 Å². The molecule has 1 saturated heterocycles. The predicted molar refractivity (Wildman–Crippen MR) is 67.1 cm³/mol. The van der Waals surface area contributed by atoms with E-state index in [2.05, 4.69) is 11.8 Å². The second-order valence-electron chi connectivity index (χ2n) is 5.16. The summed E-state index contributed by atoms with van der Waals surface area (Å²) in [7, 11) is 0. The first kappa shape index (κ1) is 13.5. The largest absolute Gasteiger partial charge is 0.340 e. The fourth-order valence-electron chi connectivity index (χ4n) is 2.36. The van der Waals surface area contributed by atoms with Gasteiger partial charge in [-0.2, -0.15) is 0 Å². The fraction of sp³-hybridized carbons (Fsp3) is 0.923. The van der Waals surface area contributed by atoms with Crippen molar-refractivity contribution in [3.05, 3.63) is 0 Å². The van der Waals surface area contributed by atoms with Crippen LogP contribution in [-0.2, 0) is 4.79 Å². The zero-order valence-corrected chi connectivity index (χ0v) is 10.7. The Bertz CT molecular complexity index is 216. The number of hydrogen-bond donors (Lipinski definition) is 1. The predicted octanol–water partition coefficient (Wildman–Crippen LogP) is 2.29. The average molecular weight is 226 g/mol. The lowest BCUT2D eigenvalue weighted by Gasteiger charge is -2.27. The molecule has 2 N–H and O–H groups in total. The molecule has 0 aromatic heterocycles. The van der Waals surface area contributed by atoms with Crippen LogP contribution in [0.3, 0.4) is 0 Å². The summed E-state index contributed by atoms with van der Waals surface area (Å²) >= 11 is 0. The van der Waals surface area contributed by atoms with Gasteiger partial charge in [-0.1, -0.05) is 12.8 Å². The van der Waals surface area contributed by atoms with E-state index in [9.17, 15) is 4.79 Å². The molecule has 94 valence electrons. The van der Waals surface area contributed by atoms with Crippen LogP contribution in [0.15, 0.2) is 0 Å². The first-order valence-corrected chi connectivity index (χ1v) is 6.66. The minimum absolute atomic E-state index is 0.217. The number of likely N-dealkylation sites (tertiary alicyclic amines) is 1. The molecule has 0 spiro atoms. The fourth-order valence-corrected chi connectivity index (χ4v) is 2.36. The monoisotopic (exact) mass is 226 g/mol. The van der Waals surface area contributed by atoms with Crippen molar-refractivity contribution >= 4 is 5.91 Å². The summed E-state index contributed by atoms with van der Waals surface area (Å²) in [6.07, 6.45) is 7.43. The van der Waals surface area contributed by atoms with Crippen molar-refractivity contribution < 1.29 is 4.79 Å². The molecule has 0 bridgehead atoms. The molecule has 3 nitrogen and oxygen atoms in total. The number of hydrogen-bond acceptors (Lipinski definition) is 2. The van der Waals surface area contributed by atoms with Crippen molar-refractivity contribution in [2.24, 2.45) is 5.73 Å². The Kier molecular flexibility index (Phi) is 5.81. The van der Waals surface area contributed by atoms with E-state index in [0.717, 1.165) is 19.4 Å².